The van der Waals surface area contributed by atoms with Crippen LogP contribution in [0.25, 0.3) is 0 Å². The molecule has 0 bridgehead atoms. The first kappa shape index (κ1) is 19.4. The van der Waals surface area contributed by atoms with E-state index in [2.05, 4.69) is 20.6 Å². The molecule has 0 atom stereocenters. The number of nitrogens with zero attached hydrogens (tertiary/aromatic N) is 2. The summed E-state index contributed by atoms with van der Waals surface area (Å²) < 4.78 is 26.8. The monoisotopic (exact) mass is 382 g/mol. The van der Waals surface area contributed by atoms with Gasteiger partial charge in [0.25, 0.3) is 5.91 Å². The smallest absolute Gasteiger partial charge is 0.270 e. The van der Waals surface area contributed by atoms with Gasteiger partial charge in [-0.1, -0.05) is 30.3 Å². The van der Waals surface area contributed by atoms with Gasteiger partial charge in [0.05, 0.1) is 5.69 Å². The summed E-state index contributed by atoms with van der Waals surface area (Å²) in [6, 6.07) is 14.6. The van der Waals surface area contributed by atoms with Crippen LogP contribution in [0.3, 0.4) is 0 Å². The maximum absolute atomic E-state index is 13.8. The molecule has 0 unspecified atom stereocenters. The third kappa shape index (κ3) is 5.33. The van der Waals surface area contributed by atoms with Crippen LogP contribution >= 0.6 is 0 Å². The predicted octanol–water partition coefficient (Wildman–Crippen LogP) is 4.17. The fourth-order valence-electron chi connectivity index (χ4n) is 2.71. The van der Waals surface area contributed by atoms with Crippen molar-refractivity contribution in [2.75, 3.05) is 11.9 Å². The van der Waals surface area contributed by atoms with Gasteiger partial charge in [-0.05, 0) is 37.5 Å². The number of carbonyl (C=O) groups is 1. The molecular weight excluding hydrogens is 362 g/mol. The molecule has 2 aromatic carbocycles. The highest BCUT2D eigenvalue weighted by molar-refractivity contribution is 5.93. The number of anilines is 2. The van der Waals surface area contributed by atoms with Gasteiger partial charge in [-0.15, -0.1) is 0 Å². The number of benzene rings is 2. The number of carbonyl (C=O) groups excluding carboxylic acids is 1. The molecular formula is C21H20F2N4O. The molecule has 0 saturated carbocycles. The Balaban J connectivity index is 1.61. The van der Waals surface area contributed by atoms with Gasteiger partial charge in [0.1, 0.15) is 29.0 Å². The second-order valence-corrected chi connectivity index (χ2v) is 6.28. The van der Waals surface area contributed by atoms with E-state index in [1.54, 1.807) is 6.92 Å². The van der Waals surface area contributed by atoms with E-state index in [0.29, 0.717) is 12.4 Å². The van der Waals surface area contributed by atoms with Crippen LogP contribution in [0.15, 0.2) is 54.6 Å². The van der Waals surface area contributed by atoms with Crippen molar-refractivity contribution in [2.45, 2.75) is 19.8 Å². The Morgan fingerprint density at radius 3 is 2.57 bits per heavy atom. The zero-order valence-electron chi connectivity index (χ0n) is 15.4. The third-order valence-corrected chi connectivity index (χ3v) is 4.04. The molecule has 0 radical (unpaired) electrons. The van der Waals surface area contributed by atoms with Crippen LogP contribution in [-0.2, 0) is 6.42 Å². The quantitative estimate of drug-likeness (QED) is 0.602. The lowest BCUT2D eigenvalue weighted by atomic mass is 10.1. The van der Waals surface area contributed by atoms with Gasteiger partial charge in [0, 0.05) is 18.7 Å². The highest BCUT2D eigenvalue weighted by Gasteiger charge is 2.12. The summed E-state index contributed by atoms with van der Waals surface area (Å²) in [6.07, 6.45) is 1.66. The standard InChI is InChI=1S/C21H20F2N4O/c1-14-25-19(21(28)24-11-5-8-15-6-3-2-4-7-15)13-20(26-14)27-18-10-9-16(22)12-17(18)23/h2-4,6-7,9-10,12-13H,5,8,11H2,1H3,(H,24,28)(H,25,26,27). The average molecular weight is 382 g/mol. The number of amides is 1. The van der Waals surface area contributed by atoms with Crippen LogP contribution in [0, 0.1) is 18.6 Å². The summed E-state index contributed by atoms with van der Waals surface area (Å²) in [4.78, 5) is 20.7. The number of rotatable bonds is 7. The Labute approximate surface area is 161 Å². The van der Waals surface area contributed by atoms with Crippen LogP contribution in [0.1, 0.15) is 28.3 Å². The van der Waals surface area contributed by atoms with E-state index in [4.69, 9.17) is 0 Å². The van der Waals surface area contributed by atoms with Crippen LogP contribution in [0.2, 0.25) is 0 Å². The van der Waals surface area contributed by atoms with Gasteiger partial charge in [-0.25, -0.2) is 18.7 Å². The first-order valence-corrected chi connectivity index (χ1v) is 8.91. The molecule has 5 nitrogen and oxygen atoms in total. The van der Waals surface area contributed by atoms with Crippen LogP contribution < -0.4 is 10.6 Å². The molecule has 1 amide bonds. The van der Waals surface area contributed by atoms with Crippen molar-refractivity contribution in [3.05, 3.63) is 83.3 Å². The van der Waals surface area contributed by atoms with Gasteiger partial charge in [-0.3, -0.25) is 4.79 Å². The molecule has 0 aliphatic carbocycles. The molecule has 0 aliphatic heterocycles. The van der Waals surface area contributed by atoms with Gasteiger partial charge >= 0.3 is 0 Å². The fraction of sp³-hybridized carbons (Fsp3) is 0.190. The second-order valence-electron chi connectivity index (χ2n) is 6.28. The van der Waals surface area contributed by atoms with Crippen molar-refractivity contribution >= 4 is 17.4 Å². The number of halogens is 2. The second kappa shape index (κ2) is 9.03. The van der Waals surface area contributed by atoms with Crippen LogP contribution in [-0.4, -0.2) is 22.4 Å². The van der Waals surface area contributed by atoms with Gasteiger partial charge in [-0.2, -0.15) is 0 Å². The van der Waals surface area contributed by atoms with E-state index in [0.717, 1.165) is 25.0 Å². The highest BCUT2D eigenvalue weighted by Crippen LogP contribution is 2.20. The number of nitrogens with one attached hydrogen (secondary N) is 2. The number of hydrogen-bond donors (Lipinski definition) is 2. The number of hydrogen-bond acceptors (Lipinski definition) is 4. The maximum atomic E-state index is 13.8. The zero-order valence-corrected chi connectivity index (χ0v) is 15.4. The molecule has 1 aromatic heterocycles. The Kier molecular flexibility index (Phi) is 6.26. The number of aryl methyl sites for hydroxylation is 2. The molecule has 3 rings (SSSR count). The normalized spacial score (nSPS) is 10.5. The molecule has 0 spiro atoms. The van der Waals surface area contributed by atoms with E-state index in [-0.39, 0.29) is 23.1 Å². The average Bonchev–Trinajstić information content (AvgIpc) is 2.68. The first-order chi connectivity index (χ1) is 13.5. The minimum Gasteiger partial charge on any atom is -0.351 e. The zero-order chi connectivity index (χ0) is 19.9. The lowest BCUT2D eigenvalue weighted by Gasteiger charge is -2.10. The minimum absolute atomic E-state index is 0.0636. The highest BCUT2D eigenvalue weighted by atomic mass is 19.1. The van der Waals surface area contributed by atoms with Crippen LogP contribution in [0.5, 0.6) is 0 Å². The Hall–Kier alpha value is -3.35. The van der Waals surface area contributed by atoms with Gasteiger partial charge < -0.3 is 10.6 Å². The van der Waals surface area contributed by atoms with E-state index in [9.17, 15) is 13.6 Å². The van der Waals surface area contributed by atoms with Crippen molar-refractivity contribution in [3.8, 4) is 0 Å². The molecule has 144 valence electrons. The van der Waals surface area contributed by atoms with E-state index in [1.165, 1.54) is 17.7 Å². The molecule has 0 saturated heterocycles. The number of aromatic nitrogens is 2. The van der Waals surface area contributed by atoms with Crippen LogP contribution in [0.4, 0.5) is 20.3 Å². The molecule has 3 aromatic rings. The van der Waals surface area contributed by atoms with E-state index in [1.807, 2.05) is 30.3 Å². The lowest BCUT2D eigenvalue weighted by Crippen LogP contribution is -2.26. The maximum Gasteiger partial charge on any atom is 0.270 e. The first-order valence-electron chi connectivity index (χ1n) is 8.91. The molecule has 7 heteroatoms. The minimum atomic E-state index is -0.747. The fourth-order valence-corrected chi connectivity index (χ4v) is 2.71. The summed E-state index contributed by atoms with van der Waals surface area (Å²) >= 11 is 0. The SMILES string of the molecule is Cc1nc(Nc2ccc(F)cc2F)cc(C(=O)NCCCc2ccccc2)n1. The summed E-state index contributed by atoms with van der Waals surface area (Å²) in [7, 11) is 0. The van der Waals surface area contributed by atoms with Crippen molar-refractivity contribution < 1.29 is 13.6 Å². The van der Waals surface area contributed by atoms with Crippen molar-refractivity contribution in [1.29, 1.82) is 0 Å². The molecule has 0 fully saturated rings. The molecule has 0 aliphatic rings. The summed E-state index contributed by atoms with van der Waals surface area (Å²) in [5.74, 6) is -1.13. The lowest BCUT2D eigenvalue weighted by molar-refractivity contribution is 0.0948. The summed E-state index contributed by atoms with van der Waals surface area (Å²) in [5.41, 5.74) is 1.45. The topological polar surface area (TPSA) is 66.9 Å². The Morgan fingerprint density at radius 2 is 1.82 bits per heavy atom. The van der Waals surface area contributed by atoms with Gasteiger partial charge in [0.2, 0.25) is 0 Å². The molecule has 2 N–H and O–H groups in total. The Bertz CT molecular complexity index is 964. The third-order valence-electron chi connectivity index (χ3n) is 4.04. The molecule has 28 heavy (non-hydrogen) atoms. The molecule has 1 heterocycles. The van der Waals surface area contributed by atoms with E-state index >= 15 is 0 Å². The van der Waals surface area contributed by atoms with E-state index < -0.39 is 11.6 Å². The summed E-state index contributed by atoms with van der Waals surface area (Å²) in [6.45, 7) is 2.14. The summed E-state index contributed by atoms with van der Waals surface area (Å²) in [5, 5.41) is 5.58. The van der Waals surface area contributed by atoms with Crippen molar-refractivity contribution in [1.82, 2.24) is 15.3 Å². The van der Waals surface area contributed by atoms with Crippen molar-refractivity contribution in [3.63, 3.8) is 0 Å². The largest absolute Gasteiger partial charge is 0.351 e. The Morgan fingerprint density at radius 1 is 1.04 bits per heavy atom. The predicted molar refractivity (Wildman–Crippen MR) is 104 cm³/mol. The van der Waals surface area contributed by atoms with Gasteiger partial charge in [0.15, 0.2) is 0 Å². The van der Waals surface area contributed by atoms with Crippen molar-refractivity contribution in [2.24, 2.45) is 0 Å².